The minimum Gasteiger partial charge on any atom is -0.368 e. The number of primary amides is 1. The van der Waals surface area contributed by atoms with Gasteiger partial charge in [0.25, 0.3) is 0 Å². The maximum atomic E-state index is 12.8. The predicted molar refractivity (Wildman–Crippen MR) is 96.4 cm³/mol. The number of hydrogen-bond donors (Lipinski definition) is 1. The van der Waals surface area contributed by atoms with E-state index < -0.39 is 23.7 Å². The zero-order valence-corrected chi connectivity index (χ0v) is 15.7. The highest BCUT2D eigenvalue weighted by Crippen LogP contribution is 2.30. The van der Waals surface area contributed by atoms with Gasteiger partial charge in [0.1, 0.15) is 11.9 Å². The molecule has 2 fully saturated rings. The molecule has 2 saturated heterocycles. The molecule has 1 aromatic heterocycles. The van der Waals surface area contributed by atoms with Gasteiger partial charge < -0.3 is 15.5 Å². The van der Waals surface area contributed by atoms with Crippen LogP contribution in [0.1, 0.15) is 18.4 Å². The van der Waals surface area contributed by atoms with E-state index in [1.54, 1.807) is 4.90 Å². The third-order valence-corrected chi connectivity index (χ3v) is 5.53. The fraction of sp³-hybridized carbons (Fsp3) is 0.611. The number of nitrogens with two attached hydrogens (primary N) is 1. The van der Waals surface area contributed by atoms with Gasteiger partial charge in [0.05, 0.1) is 5.56 Å². The van der Waals surface area contributed by atoms with Crippen molar-refractivity contribution in [2.75, 3.05) is 44.7 Å². The topological polar surface area (TPSA) is 82.8 Å². The van der Waals surface area contributed by atoms with Gasteiger partial charge in [-0.05, 0) is 32.0 Å². The Morgan fingerprint density at radius 3 is 2.36 bits per heavy atom. The summed E-state index contributed by atoms with van der Waals surface area (Å²) in [7, 11) is 1.81. The van der Waals surface area contributed by atoms with Crippen LogP contribution in [-0.4, -0.2) is 72.4 Å². The maximum Gasteiger partial charge on any atom is 0.417 e. The number of amides is 2. The van der Waals surface area contributed by atoms with Crippen LogP contribution in [0, 0.1) is 5.92 Å². The van der Waals surface area contributed by atoms with Crippen LogP contribution in [0.3, 0.4) is 0 Å². The van der Waals surface area contributed by atoms with Gasteiger partial charge in [0, 0.05) is 44.8 Å². The Morgan fingerprint density at radius 2 is 1.82 bits per heavy atom. The van der Waals surface area contributed by atoms with E-state index in [0.717, 1.165) is 12.3 Å². The number of anilines is 1. The molecule has 1 aromatic rings. The summed E-state index contributed by atoms with van der Waals surface area (Å²) in [6.07, 6.45) is -2.39. The van der Waals surface area contributed by atoms with Crippen molar-refractivity contribution in [2.24, 2.45) is 11.7 Å². The normalized spacial score (nSPS) is 22.4. The number of aromatic nitrogens is 1. The molecule has 0 unspecified atom stereocenters. The number of carbonyl (C=O) groups is 2. The molecule has 154 valence electrons. The van der Waals surface area contributed by atoms with Gasteiger partial charge in [0.2, 0.25) is 11.8 Å². The van der Waals surface area contributed by atoms with E-state index in [9.17, 15) is 22.8 Å². The molecule has 0 spiro atoms. The molecule has 10 heteroatoms. The highest BCUT2D eigenvalue weighted by atomic mass is 19.4. The number of alkyl halides is 3. The Morgan fingerprint density at radius 1 is 1.14 bits per heavy atom. The number of halogens is 3. The standard InChI is InChI=1S/C18H24F3N5O2/c1-24-8-9-26(11-14(24)16(22)27)17(28)12-4-6-25(7-5-12)15-3-2-13(10-23-15)18(19,20)21/h2-3,10,12,14H,4-9,11H2,1H3,(H2,22,27)/t14-/m1/s1. The summed E-state index contributed by atoms with van der Waals surface area (Å²) in [6.45, 7) is 2.53. The van der Waals surface area contributed by atoms with Crippen LogP contribution in [0.15, 0.2) is 18.3 Å². The molecule has 7 nitrogen and oxygen atoms in total. The molecule has 1 atom stereocenters. The first-order valence-electron chi connectivity index (χ1n) is 9.23. The van der Waals surface area contributed by atoms with E-state index in [2.05, 4.69) is 4.98 Å². The largest absolute Gasteiger partial charge is 0.417 e. The lowest BCUT2D eigenvalue weighted by atomic mass is 9.94. The van der Waals surface area contributed by atoms with Gasteiger partial charge in [-0.3, -0.25) is 14.5 Å². The monoisotopic (exact) mass is 399 g/mol. The number of piperazine rings is 1. The molecule has 0 bridgehead atoms. The van der Waals surface area contributed by atoms with Gasteiger partial charge >= 0.3 is 6.18 Å². The SMILES string of the molecule is CN1CCN(C(=O)C2CCN(c3ccc(C(F)(F)F)cn3)CC2)C[C@@H]1C(N)=O. The molecule has 2 amide bonds. The number of piperidine rings is 1. The van der Waals surface area contributed by atoms with Crippen molar-refractivity contribution >= 4 is 17.6 Å². The number of carbonyl (C=O) groups excluding carboxylic acids is 2. The van der Waals surface area contributed by atoms with Crippen LogP contribution in [0.4, 0.5) is 19.0 Å². The number of likely N-dealkylation sites (N-methyl/N-ethyl adjacent to an activating group) is 1. The van der Waals surface area contributed by atoms with Crippen LogP contribution in [0.25, 0.3) is 0 Å². The molecule has 0 radical (unpaired) electrons. The summed E-state index contributed by atoms with van der Waals surface area (Å²) in [6, 6.07) is 1.91. The van der Waals surface area contributed by atoms with Crippen LogP contribution in [0.5, 0.6) is 0 Å². The number of nitrogens with zero attached hydrogens (tertiary/aromatic N) is 4. The number of rotatable bonds is 3. The Balaban J connectivity index is 1.56. The van der Waals surface area contributed by atoms with Gasteiger partial charge in [-0.25, -0.2) is 4.98 Å². The number of hydrogen-bond acceptors (Lipinski definition) is 5. The van der Waals surface area contributed by atoms with Crippen molar-refractivity contribution in [1.29, 1.82) is 0 Å². The van der Waals surface area contributed by atoms with Crippen molar-refractivity contribution < 1.29 is 22.8 Å². The molecule has 0 saturated carbocycles. The fourth-order valence-corrected chi connectivity index (χ4v) is 3.74. The van der Waals surface area contributed by atoms with Crippen LogP contribution < -0.4 is 10.6 Å². The van der Waals surface area contributed by atoms with Crippen molar-refractivity contribution in [3.05, 3.63) is 23.9 Å². The Kier molecular flexibility index (Phi) is 5.78. The third kappa shape index (κ3) is 4.37. The molecule has 2 N–H and O–H groups in total. The number of pyridine rings is 1. The van der Waals surface area contributed by atoms with Gasteiger partial charge in [-0.1, -0.05) is 0 Å². The lowest BCUT2D eigenvalue weighted by molar-refractivity contribution is -0.141. The van der Waals surface area contributed by atoms with Crippen molar-refractivity contribution in [3.8, 4) is 0 Å². The second kappa shape index (κ2) is 7.94. The molecule has 3 heterocycles. The lowest BCUT2D eigenvalue weighted by Gasteiger charge is -2.40. The maximum absolute atomic E-state index is 12.8. The Hall–Kier alpha value is -2.36. The predicted octanol–water partition coefficient (Wildman–Crippen LogP) is 0.945. The second-order valence-electron chi connectivity index (χ2n) is 7.35. The molecule has 3 rings (SSSR count). The quantitative estimate of drug-likeness (QED) is 0.818. The van der Waals surface area contributed by atoms with Gasteiger partial charge in [-0.15, -0.1) is 0 Å². The lowest BCUT2D eigenvalue weighted by Crippen LogP contribution is -2.59. The minimum absolute atomic E-state index is 0.0133. The van der Waals surface area contributed by atoms with Crippen molar-refractivity contribution in [2.45, 2.75) is 25.1 Å². The molecule has 0 aliphatic carbocycles. The molecular weight excluding hydrogens is 375 g/mol. The van der Waals surface area contributed by atoms with E-state index >= 15 is 0 Å². The summed E-state index contributed by atoms with van der Waals surface area (Å²) in [5, 5.41) is 0. The van der Waals surface area contributed by atoms with E-state index in [1.807, 2.05) is 16.8 Å². The van der Waals surface area contributed by atoms with Crippen LogP contribution >= 0.6 is 0 Å². The van der Waals surface area contributed by atoms with Gasteiger partial charge in [-0.2, -0.15) is 13.2 Å². The van der Waals surface area contributed by atoms with E-state index in [1.165, 1.54) is 6.07 Å². The molecular formula is C18H24F3N5O2. The van der Waals surface area contributed by atoms with Crippen molar-refractivity contribution in [3.63, 3.8) is 0 Å². The summed E-state index contributed by atoms with van der Waals surface area (Å²) in [5.74, 6) is -0.113. The van der Waals surface area contributed by atoms with E-state index in [0.29, 0.717) is 51.4 Å². The Labute approximate surface area is 161 Å². The summed E-state index contributed by atoms with van der Waals surface area (Å²) in [5.41, 5.74) is 4.64. The smallest absolute Gasteiger partial charge is 0.368 e. The van der Waals surface area contributed by atoms with E-state index in [-0.39, 0.29) is 11.8 Å². The summed E-state index contributed by atoms with van der Waals surface area (Å²) in [4.78, 5) is 33.7. The fourth-order valence-electron chi connectivity index (χ4n) is 3.74. The highest BCUT2D eigenvalue weighted by molar-refractivity contribution is 5.83. The average molecular weight is 399 g/mol. The minimum atomic E-state index is -4.41. The first-order chi connectivity index (χ1) is 13.2. The average Bonchev–Trinajstić information content (AvgIpc) is 2.67. The van der Waals surface area contributed by atoms with Gasteiger partial charge in [0.15, 0.2) is 0 Å². The van der Waals surface area contributed by atoms with Crippen molar-refractivity contribution in [1.82, 2.24) is 14.8 Å². The summed E-state index contributed by atoms with van der Waals surface area (Å²) >= 11 is 0. The second-order valence-corrected chi connectivity index (χ2v) is 7.35. The molecule has 0 aromatic carbocycles. The zero-order valence-electron chi connectivity index (χ0n) is 15.7. The first-order valence-corrected chi connectivity index (χ1v) is 9.23. The summed E-state index contributed by atoms with van der Waals surface area (Å²) < 4.78 is 38.0. The zero-order chi connectivity index (χ0) is 20.5. The van der Waals surface area contributed by atoms with Crippen LogP contribution in [0.2, 0.25) is 0 Å². The Bertz CT molecular complexity index is 717. The third-order valence-electron chi connectivity index (χ3n) is 5.53. The van der Waals surface area contributed by atoms with E-state index in [4.69, 9.17) is 5.73 Å². The highest BCUT2D eigenvalue weighted by Gasteiger charge is 2.35. The first kappa shape index (κ1) is 20.4. The molecule has 2 aliphatic rings. The molecule has 28 heavy (non-hydrogen) atoms. The van der Waals surface area contributed by atoms with Crippen LogP contribution in [-0.2, 0) is 15.8 Å². The molecule has 2 aliphatic heterocycles.